The van der Waals surface area contributed by atoms with Crippen LogP contribution in [0.2, 0.25) is 0 Å². The lowest BCUT2D eigenvalue weighted by atomic mass is 10.3. The molecule has 0 spiro atoms. The second kappa shape index (κ2) is 4.79. The van der Waals surface area contributed by atoms with Gasteiger partial charge in [0.25, 0.3) is 5.56 Å². The highest BCUT2D eigenvalue weighted by molar-refractivity contribution is 4.91. The SMILES string of the molecule is COC[C@H](O)Cn1ccc[c]c1=O. The van der Waals surface area contributed by atoms with Crippen LogP contribution in [0, 0.1) is 6.07 Å². The van der Waals surface area contributed by atoms with Gasteiger partial charge in [-0.1, -0.05) is 0 Å². The van der Waals surface area contributed by atoms with Crippen molar-refractivity contribution in [1.82, 2.24) is 4.57 Å². The van der Waals surface area contributed by atoms with E-state index >= 15 is 0 Å². The van der Waals surface area contributed by atoms with Gasteiger partial charge >= 0.3 is 0 Å². The number of methoxy groups -OCH3 is 1. The second-order valence-corrected chi connectivity index (χ2v) is 2.72. The third-order valence-corrected chi connectivity index (χ3v) is 1.60. The maximum atomic E-state index is 11.1. The maximum absolute atomic E-state index is 11.1. The van der Waals surface area contributed by atoms with E-state index in [0.717, 1.165) is 0 Å². The standard InChI is InChI=1S/C9H12NO3/c1-13-7-8(11)6-10-5-3-2-4-9(10)12/h2-3,5,8,11H,6-7H2,1H3/t8-/m1/s1. The van der Waals surface area contributed by atoms with Gasteiger partial charge in [-0.05, 0) is 12.1 Å². The molecule has 0 fully saturated rings. The molecule has 0 aromatic carbocycles. The van der Waals surface area contributed by atoms with Crippen LogP contribution in [-0.2, 0) is 11.3 Å². The van der Waals surface area contributed by atoms with Crippen molar-refractivity contribution >= 4 is 0 Å². The summed E-state index contributed by atoms with van der Waals surface area (Å²) >= 11 is 0. The zero-order valence-corrected chi connectivity index (χ0v) is 7.43. The zero-order chi connectivity index (χ0) is 9.68. The Hall–Kier alpha value is -1.13. The van der Waals surface area contributed by atoms with Crippen LogP contribution in [0.15, 0.2) is 23.1 Å². The van der Waals surface area contributed by atoms with Gasteiger partial charge in [0.2, 0.25) is 0 Å². The van der Waals surface area contributed by atoms with Crippen LogP contribution < -0.4 is 5.56 Å². The lowest BCUT2D eigenvalue weighted by molar-refractivity contribution is 0.0530. The lowest BCUT2D eigenvalue weighted by Crippen LogP contribution is -2.28. The molecule has 1 radical (unpaired) electrons. The van der Waals surface area contributed by atoms with Crippen molar-refractivity contribution in [2.75, 3.05) is 13.7 Å². The highest BCUT2D eigenvalue weighted by Crippen LogP contribution is 1.89. The van der Waals surface area contributed by atoms with E-state index in [1.54, 1.807) is 18.3 Å². The van der Waals surface area contributed by atoms with E-state index in [4.69, 9.17) is 4.74 Å². The minimum atomic E-state index is -0.654. The van der Waals surface area contributed by atoms with E-state index in [2.05, 4.69) is 6.07 Å². The van der Waals surface area contributed by atoms with Gasteiger partial charge in [-0.15, -0.1) is 0 Å². The zero-order valence-electron chi connectivity index (χ0n) is 7.43. The highest BCUT2D eigenvalue weighted by Gasteiger charge is 2.04. The van der Waals surface area contributed by atoms with Crippen LogP contribution in [0.5, 0.6) is 0 Å². The Bertz CT molecular complexity index is 308. The van der Waals surface area contributed by atoms with E-state index in [1.165, 1.54) is 11.7 Å². The average Bonchev–Trinajstić information content (AvgIpc) is 2.09. The number of pyridine rings is 1. The summed E-state index contributed by atoms with van der Waals surface area (Å²) in [6, 6.07) is 5.74. The summed E-state index contributed by atoms with van der Waals surface area (Å²) in [5.74, 6) is 0. The molecular weight excluding hydrogens is 170 g/mol. The van der Waals surface area contributed by atoms with Crippen molar-refractivity contribution in [1.29, 1.82) is 0 Å². The summed E-state index contributed by atoms with van der Waals surface area (Å²) < 4.78 is 6.13. The van der Waals surface area contributed by atoms with E-state index in [0.29, 0.717) is 0 Å². The second-order valence-electron chi connectivity index (χ2n) is 2.72. The third-order valence-electron chi connectivity index (χ3n) is 1.60. The largest absolute Gasteiger partial charge is 0.389 e. The van der Waals surface area contributed by atoms with Gasteiger partial charge in [0.05, 0.1) is 25.3 Å². The molecule has 1 aromatic heterocycles. The molecule has 1 atom stereocenters. The van der Waals surface area contributed by atoms with E-state index in [-0.39, 0.29) is 18.7 Å². The fourth-order valence-electron chi connectivity index (χ4n) is 1.03. The smallest absolute Gasteiger partial charge is 0.258 e. The van der Waals surface area contributed by atoms with Crippen molar-refractivity contribution in [3.05, 3.63) is 34.7 Å². The molecule has 1 rings (SSSR count). The summed E-state index contributed by atoms with van der Waals surface area (Å²) in [5, 5.41) is 9.33. The Kier molecular flexibility index (Phi) is 3.67. The normalized spacial score (nSPS) is 12.8. The average molecular weight is 182 g/mol. The number of hydrogen-bond donors (Lipinski definition) is 1. The van der Waals surface area contributed by atoms with Crippen LogP contribution >= 0.6 is 0 Å². The molecule has 1 N–H and O–H groups in total. The first-order valence-electron chi connectivity index (χ1n) is 3.98. The van der Waals surface area contributed by atoms with Gasteiger partial charge in [0.1, 0.15) is 0 Å². The first-order chi connectivity index (χ1) is 6.24. The van der Waals surface area contributed by atoms with Crippen molar-refractivity contribution in [2.45, 2.75) is 12.6 Å². The predicted octanol–water partition coefficient (Wildman–Crippen LogP) is -0.344. The van der Waals surface area contributed by atoms with Gasteiger partial charge in [-0.2, -0.15) is 0 Å². The van der Waals surface area contributed by atoms with Gasteiger partial charge in [-0.25, -0.2) is 0 Å². The number of ether oxygens (including phenoxy) is 1. The monoisotopic (exact) mass is 182 g/mol. The molecule has 0 aliphatic heterocycles. The number of aliphatic hydroxyl groups is 1. The topological polar surface area (TPSA) is 51.5 Å². The van der Waals surface area contributed by atoms with Crippen LogP contribution in [0.25, 0.3) is 0 Å². The van der Waals surface area contributed by atoms with E-state index in [9.17, 15) is 9.90 Å². The number of aromatic nitrogens is 1. The number of aliphatic hydroxyl groups excluding tert-OH is 1. The van der Waals surface area contributed by atoms with E-state index in [1.807, 2.05) is 0 Å². The van der Waals surface area contributed by atoms with Crippen LogP contribution in [0.4, 0.5) is 0 Å². The minimum Gasteiger partial charge on any atom is -0.389 e. The Morgan fingerprint density at radius 2 is 2.54 bits per heavy atom. The Balaban J connectivity index is 2.63. The summed E-state index contributed by atoms with van der Waals surface area (Å²) in [7, 11) is 1.50. The Morgan fingerprint density at radius 1 is 1.77 bits per heavy atom. The number of hydrogen-bond acceptors (Lipinski definition) is 3. The molecule has 0 saturated carbocycles. The lowest BCUT2D eigenvalue weighted by Gasteiger charge is -2.10. The molecule has 13 heavy (non-hydrogen) atoms. The van der Waals surface area contributed by atoms with Crippen molar-refractivity contribution in [2.24, 2.45) is 0 Å². The predicted molar refractivity (Wildman–Crippen MR) is 47.4 cm³/mol. The third kappa shape index (κ3) is 3.01. The van der Waals surface area contributed by atoms with Gasteiger partial charge in [-0.3, -0.25) is 4.79 Å². The van der Waals surface area contributed by atoms with Crippen molar-refractivity contribution < 1.29 is 9.84 Å². The maximum Gasteiger partial charge on any atom is 0.258 e. The molecule has 0 amide bonds. The molecule has 4 heteroatoms. The minimum absolute atomic E-state index is 0.224. The van der Waals surface area contributed by atoms with E-state index < -0.39 is 6.10 Å². The van der Waals surface area contributed by atoms with Crippen LogP contribution in [-0.4, -0.2) is 29.5 Å². The summed E-state index contributed by atoms with van der Waals surface area (Å²) in [5.41, 5.74) is -0.238. The van der Waals surface area contributed by atoms with Gasteiger partial charge in [0, 0.05) is 13.3 Å². The molecule has 0 unspecified atom stereocenters. The summed E-state index contributed by atoms with van der Waals surface area (Å²) in [6.07, 6.45) is 0.955. The molecule has 0 aliphatic rings. The number of nitrogens with zero attached hydrogens (tertiary/aromatic N) is 1. The van der Waals surface area contributed by atoms with Crippen molar-refractivity contribution in [3.8, 4) is 0 Å². The fourth-order valence-corrected chi connectivity index (χ4v) is 1.03. The Labute approximate surface area is 76.4 Å². The summed E-state index contributed by atoms with van der Waals surface area (Å²) in [6.45, 7) is 0.464. The van der Waals surface area contributed by atoms with Crippen LogP contribution in [0.3, 0.4) is 0 Å². The molecule has 0 bridgehead atoms. The number of rotatable bonds is 4. The van der Waals surface area contributed by atoms with Crippen molar-refractivity contribution in [3.63, 3.8) is 0 Å². The van der Waals surface area contributed by atoms with Crippen LogP contribution in [0.1, 0.15) is 0 Å². The molecule has 0 aliphatic carbocycles. The first-order valence-corrected chi connectivity index (χ1v) is 3.98. The first kappa shape index (κ1) is 9.95. The molecule has 1 heterocycles. The molecule has 4 nitrogen and oxygen atoms in total. The van der Waals surface area contributed by atoms with Gasteiger partial charge < -0.3 is 14.4 Å². The highest BCUT2D eigenvalue weighted by atomic mass is 16.5. The molecule has 71 valence electrons. The molecule has 0 saturated heterocycles. The quantitative estimate of drug-likeness (QED) is 0.692. The fraction of sp³-hybridized carbons (Fsp3) is 0.444. The molecular formula is C9H12NO3. The Morgan fingerprint density at radius 3 is 3.15 bits per heavy atom. The summed E-state index contributed by atoms with van der Waals surface area (Å²) in [4.78, 5) is 11.1. The van der Waals surface area contributed by atoms with Gasteiger partial charge in [0.15, 0.2) is 0 Å². The molecule has 1 aromatic rings.